The third-order valence-corrected chi connectivity index (χ3v) is 4.07. The first-order valence-corrected chi connectivity index (χ1v) is 8.28. The Morgan fingerprint density at radius 3 is 2.42 bits per heavy atom. The Morgan fingerprint density at radius 2 is 1.69 bits per heavy atom. The average Bonchev–Trinajstić information content (AvgIpc) is 2.68. The van der Waals surface area contributed by atoms with Gasteiger partial charge in [0, 0.05) is 11.1 Å². The van der Waals surface area contributed by atoms with Gasteiger partial charge in [-0.1, -0.05) is 48.5 Å². The number of aliphatic hydroxyl groups excluding tert-OH is 1. The largest absolute Gasteiger partial charge is 0.449 e. The molecule has 3 aromatic carbocycles. The SMILES string of the molecule is C[C@@H](OC(=O)c1ccc(CO)cc1)C(=O)Nc1cccc2ccccc12. The van der Waals surface area contributed by atoms with E-state index in [1.807, 2.05) is 42.5 Å². The van der Waals surface area contributed by atoms with Crippen LogP contribution in [-0.4, -0.2) is 23.1 Å². The number of carbonyl (C=O) groups excluding carboxylic acids is 2. The van der Waals surface area contributed by atoms with Crippen LogP contribution >= 0.6 is 0 Å². The Balaban J connectivity index is 1.68. The van der Waals surface area contributed by atoms with Gasteiger partial charge in [-0.3, -0.25) is 4.79 Å². The molecule has 0 radical (unpaired) electrons. The van der Waals surface area contributed by atoms with Crippen molar-refractivity contribution in [1.29, 1.82) is 0 Å². The highest BCUT2D eigenvalue weighted by Crippen LogP contribution is 2.23. The number of aliphatic hydroxyl groups is 1. The summed E-state index contributed by atoms with van der Waals surface area (Å²) in [4.78, 5) is 24.6. The number of ether oxygens (including phenoxy) is 1. The number of hydrogen-bond donors (Lipinski definition) is 2. The third-order valence-electron chi connectivity index (χ3n) is 4.07. The monoisotopic (exact) mass is 349 g/mol. The molecule has 3 rings (SSSR count). The molecule has 5 heteroatoms. The average molecular weight is 349 g/mol. The fraction of sp³-hybridized carbons (Fsp3) is 0.143. The van der Waals surface area contributed by atoms with E-state index in [0.717, 1.165) is 10.8 Å². The second kappa shape index (κ2) is 7.80. The zero-order chi connectivity index (χ0) is 18.5. The molecule has 3 aromatic rings. The molecule has 0 aliphatic rings. The Labute approximate surface area is 151 Å². The number of rotatable bonds is 5. The lowest BCUT2D eigenvalue weighted by atomic mass is 10.1. The van der Waals surface area contributed by atoms with Crippen LogP contribution in [0.25, 0.3) is 10.8 Å². The first-order valence-electron chi connectivity index (χ1n) is 8.28. The highest BCUT2D eigenvalue weighted by Gasteiger charge is 2.19. The predicted octanol–water partition coefficient (Wildman–Crippen LogP) is 3.52. The van der Waals surface area contributed by atoms with E-state index in [1.54, 1.807) is 24.3 Å². The van der Waals surface area contributed by atoms with Gasteiger partial charge in [0.2, 0.25) is 0 Å². The molecule has 0 unspecified atom stereocenters. The molecule has 0 saturated carbocycles. The number of anilines is 1. The number of nitrogens with one attached hydrogen (secondary N) is 1. The van der Waals surface area contributed by atoms with E-state index >= 15 is 0 Å². The Morgan fingerprint density at radius 1 is 1.00 bits per heavy atom. The number of esters is 1. The maximum atomic E-state index is 12.4. The predicted molar refractivity (Wildman–Crippen MR) is 99.8 cm³/mol. The maximum absolute atomic E-state index is 12.4. The van der Waals surface area contributed by atoms with Gasteiger partial charge in [0.05, 0.1) is 12.2 Å². The summed E-state index contributed by atoms with van der Waals surface area (Å²) in [5, 5.41) is 13.8. The van der Waals surface area contributed by atoms with E-state index in [1.165, 1.54) is 6.92 Å². The standard InChI is InChI=1S/C21H19NO4/c1-14(26-21(25)17-11-9-15(13-23)10-12-17)20(24)22-19-8-4-6-16-5-2-3-7-18(16)19/h2-12,14,23H,13H2,1H3,(H,22,24)/t14-/m1/s1. The van der Waals surface area contributed by atoms with Crippen molar-refractivity contribution in [2.45, 2.75) is 19.6 Å². The van der Waals surface area contributed by atoms with Gasteiger partial charge in [0.15, 0.2) is 6.10 Å². The van der Waals surface area contributed by atoms with Gasteiger partial charge in [-0.05, 0) is 36.1 Å². The highest BCUT2D eigenvalue weighted by atomic mass is 16.5. The lowest BCUT2D eigenvalue weighted by Gasteiger charge is -2.15. The zero-order valence-corrected chi connectivity index (χ0v) is 14.3. The van der Waals surface area contributed by atoms with Crippen LogP contribution in [0.4, 0.5) is 5.69 Å². The molecular formula is C21H19NO4. The van der Waals surface area contributed by atoms with Crippen molar-refractivity contribution in [2.24, 2.45) is 0 Å². The fourth-order valence-corrected chi connectivity index (χ4v) is 2.60. The molecule has 1 amide bonds. The summed E-state index contributed by atoms with van der Waals surface area (Å²) in [7, 11) is 0. The second-order valence-electron chi connectivity index (χ2n) is 5.92. The van der Waals surface area contributed by atoms with Crippen LogP contribution in [0.5, 0.6) is 0 Å². The lowest BCUT2D eigenvalue weighted by Crippen LogP contribution is -2.30. The molecule has 0 saturated heterocycles. The molecule has 26 heavy (non-hydrogen) atoms. The van der Waals surface area contributed by atoms with Crippen molar-refractivity contribution in [3.63, 3.8) is 0 Å². The van der Waals surface area contributed by atoms with Crippen molar-refractivity contribution >= 4 is 28.3 Å². The van der Waals surface area contributed by atoms with E-state index in [9.17, 15) is 9.59 Å². The molecule has 0 aliphatic heterocycles. The van der Waals surface area contributed by atoms with E-state index in [4.69, 9.17) is 9.84 Å². The minimum absolute atomic E-state index is 0.0980. The quantitative estimate of drug-likeness (QED) is 0.691. The summed E-state index contributed by atoms with van der Waals surface area (Å²) in [5.41, 5.74) is 1.69. The van der Waals surface area contributed by atoms with Crippen LogP contribution in [0.1, 0.15) is 22.8 Å². The van der Waals surface area contributed by atoms with E-state index < -0.39 is 18.0 Å². The van der Waals surface area contributed by atoms with E-state index in [2.05, 4.69) is 5.32 Å². The van der Waals surface area contributed by atoms with Crippen molar-refractivity contribution in [1.82, 2.24) is 0 Å². The molecule has 2 N–H and O–H groups in total. The normalized spacial score (nSPS) is 11.8. The number of amides is 1. The summed E-state index contributed by atoms with van der Waals surface area (Å²) in [6.07, 6.45) is -0.945. The number of carbonyl (C=O) groups is 2. The Kier molecular flexibility index (Phi) is 5.29. The highest BCUT2D eigenvalue weighted by molar-refractivity contribution is 6.04. The van der Waals surface area contributed by atoms with Crippen molar-refractivity contribution in [3.8, 4) is 0 Å². The van der Waals surface area contributed by atoms with Gasteiger partial charge in [-0.15, -0.1) is 0 Å². The van der Waals surface area contributed by atoms with Crippen molar-refractivity contribution in [2.75, 3.05) is 5.32 Å². The lowest BCUT2D eigenvalue weighted by molar-refractivity contribution is -0.123. The van der Waals surface area contributed by atoms with Gasteiger partial charge in [0.25, 0.3) is 5.91 Å². The second-order valence-corrected chi connectivity index (χ2v) is 5.92. The molecule has 5 nitrogen and oxygen atoms in total. The molecular weight excluding hydrogens is 330 g/mol. The van der Waals surface area contributed by atoms with E-state index in [-0.39, 0.29) is 6.61 Å². The fourth-order valence-electron chi connectivity index (χ4n) is 2.60. The molecule has 0 aliphatic carbocycles. The Bertz CT molecular complexity index is 929. The van der Waals surface area contributed by atoms with E-state index in [0.29, 0.717) is 16.8 Å². The van der Waals surface area contributed by atoms with Gasteiger partial charge < -0.3 is 15.2 Å². The van der Waals surface area contributed by atoms with Gasteiger partial charge in [0.1, 0.15) is 0 Å². The third kappa shape index (κ3) is 3.90. The van der Waals surface area contributed by atoms with Gasteiger partial charge in [-0.2, -0.15) is 0 Å². The number of hydrogen-bond acceptors (Lipinski definition) is 4. The smallest absolute Gasteiger partial charge is 0.338 e. The first-order chi connectivity index (χ1) is 12.6. The topological polar surface area (TPSA) is 75.6 Å². The van der Waals surface area contributed by atoms with Gasteiger partial charge in [-0.25, -0.2) is 4.79 Å². The summed E-state index contributed by atoms with van der Waals surface area (Å²) in [6.45, 7) is 1.43. The zero-order valence-electron chi connectivity index (χ0n) is 14.3. The molecule has 0 spiro atoms. The minimum Gasteiger partial charge on any atom is -0.449 e. The summed E-state index contributed by atoms with van der Waals surface area (Å²) in [6, 6.07) is 19.7. The molecule has 132 valence electrons. The van der Waals surface area contributed by atoms with Crippen LogP contribution in [0.2, 0.25) is 0 Å². The van der Waals surface area contributed by atoms with Crippen LogP contribution in [0, 0.1) is 0 Å². The minimum atomic E-state index is -0.945. The number of benzene rings is 3. The van der Waals surface area contributed by atoms with Crippen LogP contribution in [-0.2, 0) is 16.1 Å². The summed E-state index contributed by atoms with van der Waals surface area (Å²) < 4.78 is 5.24. The molecule has 0 fully saturated rings. The molecule has 1 atom stereocenters. The van der Waals surface area contributed by atoms with Crippen LogP contribution < -0.4 is 5.32 Å². The van der Waals surface area contributed by atoms with Crippen LogP contribution in [0.3, 0.4) is 0 Å². The Hall–Kier alpha value is -3.18. The van der Waals surface area contributed by atoms with Crippen molar-refractivity contribution in [3.05, 3.63) is 77.9 Å². The van der Waals surface area contributed by atoms with Gasteiger partial charge >= 0.3 is 5.97 Å². The summed E-state index contributed by atoms with van der Waals surface area (Å²) >= 11 is 0. The van der Waals surface area contributed by atoms with Crippen LogP contribution in [0.15, 0.2) is 66.7 Å². The first kappa shape index (κ1) is 17.6. The maximum Gasteiger partial charge on any atom is 0.338 e. The molecule has 0 heterocycles. The summed E-state index contributed by atoms with van der Waals surface area (Å²) in [5.74, 6) is -0.989. The number of fused-ring (bicyclic) bond motifs is 1. The molecule has 0 bridgehead atoms. The molecule has 0 aromatic heterocycles. The van der Waals surface area contributed by atoms with Crippen molar-refractivity contribution < 1.29 is 19.4 Å².